The van der Waals surface area contributed by atoms with Crippen LogP contribution in [0.1, 0.15) is 18.5 Å². The molecule has 0 bridgehead atoms. The number of nitrogens with zero attached hydrogens (tertiary/aromatic N) is 2. The number of hydrogen-bond donors (Lipinski definition) is 2. The molecule has 0 radical (unpaired) electrons. The summed E-state index contributed by atoms with van der Waals surface area (Å²) in [6.45, 7) is 4.69. The van der Waals surface area contributed by atoms with Gasteiger partial charge in [0.05, 0.1) is 4.90 Å². The average molecular weight is 312 g/mol. The number of rotatable bonds is 6. The molecule has 2 aliphatic rings. The number of H-pyrrole nitrogens is 1. The van der Waals surface area contributed by atoms with E-state index in [1.54, 1.807) is 16.6 Å². The Morgan fingerprint density at radius 2 is 2.00 bits per heavy atom. The molecule has 3 rings (SSSR count). The summed E-state index contributed by atoms with van der Waals surface area (Å²) in [4.78, 5) is 5.79. The van der Waals surface area contributed by atoms with Crippen molar-refractivity contribution in [2.45, 2.75) is 24.3 Å². The molecule has 1 saturated carbocycles. The van der Waals surface area contributed by atoms with E-state index in [0.717, 1.165) is 31.2 Å². The van der Waals surface area contributed by atoms with Crippen LogP contribution in [-0.2, 0) is 16.6 Å². The van der Waals surface area contributed by atoms with Gasteiger partial charge in [-0.3, -0.25) is 0 Å². The van der Waals surface area contributed by atoms with Gasteiger partial charge in [0.2, 0.25) is 10.0 Å². The van der Waals surface area contributed by atoms with Crippen LogP contribution in [-0.4, -0.2) is 62.4 Å². The quantitative estimate of drug-likeness (QED) is 0.800. The molecule has 1 aliphatic carbocycles. The van der Waals surface area contributed by atoms with Crippen LogP contribution >= 0.6 is 0 Å². The molecule has 1 aliphatic heterocycles. The van der Waals surface area contributed by atoms with Crippen molar-refractivity contribution >= 4 is 10.0 Å². The summed E-state index contributed by atoms with van der Waals surface area (Å²) in [5.41, 5.74) is 0.892. The van der Waals surface area contributed by atoms with E-state index < -0.39 is 10.0 Å². The van der Waals surface area contributed by atoms with Crippen LogP contribution in [0.15, 0.2) is 17.2 Å². The largest absolute Gasteiger partial charge is 0.363 e. The first kappa shape index (κ1) is 15.0. The number of sulfonamides is 1. The molecule has 0 spiro atoms. The summed E-state index contributed by atoms with van der Waals surface area (Å²) in [5.74, 6) is 0.863. The highest BCUT2D eigenvalue weighted by Gasteiger charge is 2.31. The summed E-state index contributed by atoms with van der Waals surface area (Å²) in [7, 11) is -1.51. The Morgan fingerprint density at radius 1 is 1.29 bits per heavy atom. The van der Waals surface area contributed by atoms with Crippen molar-refractivity contribution in [3.63, 3.8) is 0 Å². The van der Waals surface area contributed by atoms with E-state index >= 15 is 0 Å². The topological polar surface area (TPSA) is 68.4 Å². The number of aromatic nitrogens is 1. The molecule has 1 aromatic heterocycles. The van der Waals surface area contributed by atoms with Gasteiger partial charge in [-0.2, -0.15) is 4.31 Å². The van der Waals surface area contributed by atoms with Crippen molar-refractivity contribution in [1.82, 2.24) is 19.5 Å². The lowest BCUT2D eigenvalue weighted by Crippen LogP contribution is -2.48. The van der Waals surface area contributed by atoms with Crippen LogP contribution in [0.2, 0.25) is 0 Å². The van der Waals surface area contributed by atoms with Gasteiger partial charge in [0.15, 0.2) is 0 Å². The van der Waals surface area contributed by atoms with Gasteiger partial charge in [0.25, 0.3) is 0 Å². The third-order valence-corrected chi connectivity index (χ3v) is 6.14. The first-order valence-corrected chi connectivity index (χ1v) is 9.08. The molecular formula is C14H24N4O2S. The molecule has 2 fully saturated rings. The Bertz CT molecular complexity index is 572. The van der Waals surface area contributed by atoms with Crippen molar-refractivity contribution in [2.24, 2.45) is 5.92 Å². The Hall–Kier alpha value is -0.890. The van der Waals surface area contributed by atoms with Crippen LogP contribution < -0.4 is 5.32 Å². The minimum absolute atomic E-state index is 0.378. The molecular weight excluding hydrogens is 288 g/mol. The fourth-order valence-electron chi connectivity index (χ4n) is 2.83. The van der Waals surface area contributed by atoms with Crippen molar-refractivity contribution < 1.29 is 8.42 Å². The molecule has 2 N–H and O–H groups in total. The maximum atomic E-state index is 12.6. The van der Waals surface area contributed by atoms with Gasteiger partial charge in [0.1, 0.15) is 0 Å². The highest BCUT2D eigenvalue weighted by molar-refractivity contribution is 7.89. The molecule has 0 amide bonds. The summed E-state index contributed by atoms with van der Waals surface area (Å²) in [5, 5.41) is 3.01. The van der Waals surface area contributed by atoms with E-state index in [2.05, 4.69) is 15.2 Å². The predicted octanol–water partition coefficient (Wildman–Crippen LogP) is 0.450. The van der Waals surface area contributed by atoms with E-state index in [4.69, 9.17) is 0 Å². The van der Waals surface area contributed by atoms with Crippen molar-refractivity contribution in [3.8, 4) is 0 Å². The van der Waals surface area contributed by atoms with Gasteiger partial charge in [-0.1, -0.05) is 0 Å². The van der Waals surface area contributed by atoms with Crippen LogP contribution in [0.5, 0.6) is 0 Å². The van der Waals surface area contributed by atoms with Crippen LogP contribution in [0.4, 0.5) is 0 Å². The first-order valence-electron chi connectivity index (χ1n) is 7.64. The second-order valence-electron chi connectivity index (χ2n) is 6.04. The zero-order valence-electron chi connectivity index (χ0n) is 12.5. The molecule has 7 heteroatoms. The maximum Gasteiger partial charge on any atom is 0.244 e. The lowest BCUT2D eigenvalue weighted by molar-refractivity contribution is 0.182. The van der Waals surface area contributed by atoms with Crippen LogP contribution in [0.25, 0.3) is 0 Å². The monoisotopic (exact) mass is 312 g/mol. The molecule has 6 nitrogen and oxygen atoms in total. The third-order valence-electron chi connectivity index (χ3n) is 4.27. The van der Waals surface area contributed by atoms with Gasteiger partial charge in [-0.15, -0.1) is 0 Å². The van der Waals surface area contributed by atoms with E-state index in [9.17, 15) is 8.42 Å². The molecule has 0 atom stereocenters. The standard InChI is InChI=1S/C14H24N4O2S/c1-15-9-13-8-14(10-16-13)21(19,20)18-6-4-17(5-7-18)11-12-2-3-12/h8,10,12,15-16H,2-7,9,11H2,1H3. The highest BCUT2D eigenvalue weighted by atomic mass is 32.2. The second-order valence-corrected chi connectivity index (χ2v) is 7.98. The molecule has 118 valence electrons. The second kappa shape index (κ2) is 6.08. The van der Waals surface area contributed by atoms with E-state index in [-0.39, 0.29) is 0 Å². The molecule has 21 heavy (non-hydrogen) atoms. The van der Waals surface area contributed by atoms with Crippen molar-refractivity contribution in [1.29, 1.82) is 0 Å². The van der Waals surface area contributed by atoms with Crippen molar-refractivity contribution in [3.05, 3.63) is 18.0 Å². The zero-order valence-corrected chi connectivity index (χ0v) is 13.3. The molecule has 1 saturated heterocycles. The molecule has 1 aromatic rings. The number of nitrogens with one attached hydrogen (secondary N) is 2. The summed E-state index contributed by atoms with van der Waals surface area (Å²) >= 11 is 0. The molecule has 0 unspecified atom stereocenters. The molecule has 0 aromatic carbocycles. The van der Waals surface area contributed by atoms with E-state index in [1.165, 1.54) is 12.8 Å². The lowest BCUT2D eigenvalue weighted by Gasteiger charge is -2.33. The van der Waals surface area contributed by atoms with Gasteiger partial charge in [0, 0.05) is 51.2 Å². The van der Waals surface area contributed by atoms with Gasteiger partial charge < -0.3 is 15.2 Å². The summed E-state index contributed by atoms with van der Waals surface area (Å²) in [6, 6.07) is 1.72. The van der Waals surface area contributed by atoms with Crippen molar-refractivity contribution in [2.75, 3.05) is 39.8 Å². The van der Waals surface area contributed by atoms with E-state index in [1.807, 2.05) is 7.05 Å². The zero-order chi connectivity index (χ0) is 14.9. The molecule has 2 heterocycles. The summed E-state index contributed by atoms with van der Waals surface area (Å²) < 4.78 is 26.8. The van der Waals surface area contributed by atoms with Crippen LogP contribution in [0.3, 0.4) is 0 Å². The normalized spacial score (nSPS) is 21.8. The Balaban J connectivity index is 1.61. The van der Waals surface area contributed by atoms with Crippen LogP contribution in [0, 0.1) is 5.92 Å². The number of aromatic amines is 1. The number of piperazine rings is 1. The third kappa shape index (κ3) is 3.48. The SMILES string of the molecule is CNCc1cc(S(=O)(=O)N2CCN(CC3CC3)CC2)c[nH]1. The lowest BCUT2D eigenvalue weighted by atomic mass is 10.3. The van der Waals surface area contributed by atoms with Gasteiger partial charge >= 0.3 is 0 Å². The van der Waals surface area contributed by atoms with E-state index in [0.29, 0.717) is 24.5 Å². The summed E-state index contributed by atoms with van der Waals surface area (Å²) in [6.07, 6.45) is 4.28. The average Bonchev–Trinajstić information content (AvgIpc) is 3.15. The predicted molar refractivity (Wildman–Crippen MR) is 81.5 cm³/mol. The smallest absolute Gasteiger partial charge is 0.244 e. The minimum Gasteiger partial charge on any atom is -0.363 e. The Kier molecular flexibility index (Phi) is 4.35. The minimum atomic E-state index is -3.35. The number of hydrogen-bond acceptors (Lipinski definition) is 4. The van der Waals surface area contributed by atoms with Gasteiger partial charge in [-0.25, -0.2) is 8.42 Å². The fourth-order valence-corrected chi connectivity index (χ4v) is 4.27. The first-order chi connectivity index (χ1) is 10.1. The fraction of sp³-hybridized carbons (Fsp3) is 0.714. The maximum absolute atomic E-state index is 12.6. The Morgan fingerprint density at radius 3 is 2.62 bits per heavy atom. The Labute approximate surface area is 126 Å². The highest BCUT2D eigenvalue weighted by Crippen LogP contribution is 2.30. The van der Waals surface area contributed by atoms with Gasteiger partial charge in [-0.05, 0) is 31.9 Å².